The third-order valence-electron chi connectivity index (χ3n) is 5.04. The fourth-order valence-electron chi connectivity index (χ4n) is 3.46. The summed E-state index contributed by atoms with van der Waals surface area (Å²) in [6.45, 7) is 17.9. The molecule has 136 valence electrons. The second-order valence-electron chi connectivity index (χ2n) is 7.66. The molecule has 0 bridgehead atoms. The van der Waals surface area contributed by atoms with Crippen LogP contribution in [0.3, 0.4) is 0 Å². The predicted molar refractivity (Wildman–Crippen MR) is 106 cm³/mol. The molecule has 1 saturated carbocycles. The van der Waals surface area contributed by atoms with Gasteiger partial charge in [0, 0.05) is 0 Å². The largest absolute Gasteiger partial charge is 0.0683 e. The van der Waals surface area contributed by atoms with Gasteiger partial charge in [-0.1, -0.05) is 113 Å². The lowest BCUT2D eigenvalue weighted by Gasteiger charge is -2.20. The van der Waals surface area contributed by atoms with E-state index < -0.39 is 0 Å². The topological polar surface area (TPSA) is 0 Å². The third-order valence-corrected chi connectivity index (χ3v) is 5.04. The van der Waals surface area contributed by atoms with Crippen molar-refractivity contribution in [3.63, 3.8) is 0 Å². The van der Waals surface area contributed by atoms with Crippen LogP contribution in [-0.4, -0.2) is 0 Å². The molecule has 1 aliphatic carbocycles. The van der Waals surface area contributed by atoms with Crippen molar-refractivity contribution in [3.05, 3.63) is 0 Å². The van der Waals surface area contributed by atoms with Gasteiger partial charge in [-0.2, -0.15) is 0 Å². The molecule has 0 aliphatic heterocycles. The first-order valence-corrected chi connectivity index (χ1v) is 10.5. The average Bonchev–Trinajstić information content (AvgIpc) is 2.47. The average molecular weight is 313 g/mol. The Kier molecular flexibility index (Phi) is 19.1. The lowest BCUT2D eigenvalue weighted by atomic mass is 9.86. The highest BCUT2D eigenvalue weighted by Crippen LogP contribution is 2.24. The fraction of sp³-hybridized carbons (Fsp3) is 1.00. The van der Waals surface area contributed by atoms with Crippen molar-refractivity contribution < 1.29 is 0 Å². The van der Waals surface area contributed by atoms with Crippen molar-refractivity contribution in [3.8, 4) is 0 Å². The minimum Gasteiger partial charge on any atom is -0.0683 e. The lowest BCUT2D eigenvalue weighted by molar-refractivity contribution is 0.308. The first-order valence-electron chi connectivity index (χ1n) is 10.5. The fourth-order valence-corrected chi connectivity index (χ4v) is 3.46. The second kappa shape index (κ2) is 17.4. The van der Waals surface area contributed by atoms with Gasteiger partial charge in [0.25, 0.3) is 0 Å². The zero-order chi connectivity index (χ0) is 17.4. The molecule has 0 radical (unpaired) electrons. The van der Waals surface area contributed by atoms with Crippen molar-refractivity contribution in [1.82, 2.24) is 0 Å². The minimum absolute atomic E-state index is 0.868. The Morgan fingerprint density at radius 3 is 1.50 bits per heavy atom. The SMILES string of the molecule is CC.CCC(CC(C)C)C(C)C.CCC1CCCCCCC1. The molecule has 1 fully saturated rings. The molecule has 22 heavy (non-hydrogen) atoms. The van der Waals surface area contributed by atoms with E-state index in [1.807, 2.05) is 13.8 Å². The van der Waals surface area contributed by atoms with Crippen LogP contribution in [0.25, 0.3) is 0 Å². The van der Waals surface area contributed by atoms with E-state index in [1.54, 1.807) is 0 Å². The van der Waals surface area contributed by atoms with Crippen LogP contribution < -0.4 is 0 Å². The molecule has 0 aromatic carbocycles. The van der Waals surface area contributed by atoms with Crippen molar-refractivity contribution in [2.75, 3.05) is 0 Å². The van der Waals surface area contributed by atoms with Crippen molar-refractivity contribution >= 4 is 0 Å². The molecule has 1 atom stereocenters. The van der Waals surface area contributed by atoms with Gasteiger partial charge in [-0.15, -0.1) is 0 Å². The molecule has 0 N–H and O–H groups in total. The summed E-state index contributed by atoms with van der Waals surface area (Å²) < 4.78 is 0. The van der Waals surface area contributed by atoms with Crippen molar-refractivity contribution in [1.29, 1.82) is 0 Å². The van der Waals surface area contributed by atoms with Crippen LogP contribution in [0, 0.1) is 23.7 Å². The standard InChI is InChI=1S/C10H20.C10H22.C2H6/c1-2-10-8-6-4-3-5-7-9-10;1-6-10(9(4)5)7-8(2)3;1-2/h10H,2-9H2,1H3;8-10H,6-7H2,1-5H3;1-2H3. The highest BCUT2D eigenvalue weighted by atomic mass is 14.2. The van der Waals surface area contributed by atoms with Gasteiger partial charge in [-0.05, 0) is 30.1 Å². The monoisotopic (exact) mass is 312 g/mol. The Hall–Kier alpha value is 0. The third kappa shape index (κ3) is 14.9. The zero-order valence-electron chi connectivity index (χ0n) is 17.4. The quantitative estimate of drug-likeness (QED) is 0.477. The van der Waals surface area contributed by atoms with Crippen molar-refractivity contribution in [2.45, 2.75) is 120 Å². The maximum Gasteiger partial charge on any atom is -0.0391 e. The number of rotatable bonds is 5. The summed E-state index contributed by atoms with van der Waals surface area (Å²) in [5, 5.41) is 0. The molecular weight excluding hydrogens is 264 g/mol. The molecule has 0 aromatic rings. The Bertz CT molecular complexity index is 184. The van der Waals surface area contributed by atoms with Gasteiger partial charge in [0.05, 0.1) is 0 Å². The van der Waals surface area contributed by atoms with E-state index in [1.165, 1.54) is 64.2 Å². The van der Waals surface area contributed by atoms with Crippen LogP contribution in [0.2, 0.25) is 0 Å². The smallest absolute Gasteiger partial charge is 0.0391 e. The molecule has 0 heteroatoms. The normalized spacial score (nSPS) is 17.7. The van der Waals surface area contributed by atoms with Crippen LogP contribution in [0.1, 0.15) is 120 Å². The molecule has 0 amide bonds. The summed E-state index contributed by atoms with van der Waals surface area (Å²) in [6.07, 6.45) is 14.7. The summed E-state index contributed by atoms with van der Waals surface area (Å²) in [6, 6.07) is 0. The van der Waals surface area contributed by atoms with Gasteiger partial charge in [0.1, 0.15) is 0 Å². The Morgan fingerprint density at radius 2 is 1.23 bits per heavy atom. The highest BCUT2D eigenvalue weighted by molar-refractivity contribution is 4.63. The molecule has 0 heterocycles. The van der Waals surface area contributed by atoms with E-state index in [-0.39, 0.29) is 0 Å². The molecule has 1 unspecified atom stereocenters. The van der Waals surface area contributed by atoms with E-state index in [0.717, 1.165) is 23.7 Å². The Morgan fingerprint density at radius 1 is 0.773 bits per heavy atom. The highest BCUT2D eigenvalue weighted by Gasteiger charge is 2.11. The second-order valence-corrected chi connectivity index (χ2v) is 7.66. The van der Waals surface area contributed by atoms with E-state index in [0.29, 0.717) is 0 Å². The molecule has 0 saturated heterocycles. The van der Waals surface area contributed by atoms with Crippen LogP contribution in [0.5, 0.6) is 0 Å². The van der Waals surface area contributed by atoms with Gasteiger partial charge in [0.2, 0.25) is 0 Å². The maximum atomic E-state index is 2.34. The maximum absolute atomic E-state index is 2.34. The number of hydrogen-bond acceptors (Lipinski definition) is 0. The van der Waals surface area contributed by atoms with Gasteiger partial charge in [-0.25, -0.2) is 0 Å². The van der Waals surface area contributed by atoms with Crippen LogP contribution in [-0.2, 0) is 0 Å². The Labute approximate surface area is 143 Å². The predicted octanol–water partition coefficient (Wildman–Crippen LogP) is 8.50. The van der Waals surface area contributed by atoms with Crippen LogP contribution in [0.15, 0.2) is 0 Å². The molecule has 1 rings (SSSR count). The molecule has 0 nitrogen and oxygen atoms in total. The first-order chi connectivity index (χ1) is 10.5. The summed E-state index contributed by atoms with van der Waals surface area (Å²) in [7, 11) is 0. The first kappa shape index (κ1) is 24.3. The molecule has 1 aliphatic rings. The summed E-state index contributed by atoms with van der Waals surface area (Å²) in [5.74, 6) is 3.75. The van der Waals surface area contributed by atoms with Gasteiger partial charge >= 0.3 is 0 Å². The Balaban J connectivity index is 0. The van der Waals surface area contributed by atoms with E-state index in [4.69, 9.17) is 0 Å². The van der Waals surface area contributed by atoms with E-state index >= 15 is 0 Å². The molecule has 0 aromatic heterocycles. The van der Waals surface area contributed by atoms with Crippen molar-refractivity contribution in [2.24, 2.45) is 23.7 Å². The van der Waals surface area contributed by atoms with Crippen LogP contribution >= 0.6 is 0 Å². The molecule has 0 spiro atoms. The minimum atomic E-state index is 0.868. The van der Waals surface area contributed by atoms with Gasteiger partial charge in [0.15, 0.2) is 0 Å². The van der Waals surface area contributed by atoms with Crippen LogP contribution in [0.4, 0.5) is 0 Å². The van der Waals surface area contributed by atoms with Gasteiger partial charge < -0.3 is 0 Å². The van der Waals surface area contributed by atoms with E-state index in [9.17, 15) is 0 Å². The van der Waals surface area contributed by atoms with E-state index in [2.05, 4.69) is 41.5 Å². The zero-order valence-corrected chi connectivity index (χ0v) is 17.4. The summed E-state index contributed by atoms with van der Waals surface area (Å²) in [4.78, 5) is 0. The lowest BCUT2D eigenvalue weighted by Crippen LogP contribution is -2.10. The van der Waals surface area contributed by atoms with Gasteiger partial charge in [-0.3, -0.25) is 0 Å². The summed E-state index contributed by atoms with van der Waals surface area (Å²) >= 11 is 0. The molecular formula is C22H48. The number of hydrogen-bond donors (Lipinski definition) is 0. The summed E-state index contributed by atoms with van der Waals surface area (Å²) in [5.41, 5.74) is 0.